The van der Waals surface area contributed by atoms with Crippen LogP contribution in [0, 0.1) is 55.4 Å². The molecule has 4 rings (SSSR count). The Morgan fingerprint density at radius 3 is 1.09 bits per heavy atom. The minimum Gasteiger partial charge on any atom is -0.462 e. The van der Waals surface area contributed by atoms with E-state index in [1.165, 1.54) is 136 Å². The van der Waals surface area contributed by atoms with E-state index in [0.29, 0.717) is 37.6 Å². The average Bonchev–Trinajstić information content (AvgIpc) is 3.40. The highest BCUT2D eigenvalue weighted by Gasteiger charge is 2.09. The number of allylic oxidation sites excluding steroid dienone is 3. The zero-order chi connectivity index (χ0) is 57.5. The van der Waals surface area contributed by atoms with Crippen molar-refractivity contribution in [2.75, 3.05) is 26.4 Å². The first-order valence-corrected chi connectivity index (χ1v) is 27.9. The second-order valence-corrected chi connectivity index (χ2v) is 20.3. The number of aryl methyl sites for hydroxylation is 13. The molecule has 7 heteroatoms. The Morgan fingerprint density at radius 1 is 0.403 bits per heavy atom. The average molecular weight is 1050 g/mol. The molecule has 0 saturated carbocycles. The van der Waals surface area contributed by atoms with Crippen LogP contribution >= 0.6 is 0 Å². The molecule has 4 aromatic carbocycles. The molecule has 77 heavy (non-hydrogen) atoms. The Labute approximate surface area is 467 Å². The molecule has 0 N–H and O–H groups in total. The van der Waals surface area contributed by atoms with E-state index in [4.69, 9.17) is 18.9 Å². The van der Waals surface area contributed by atoms with E-state index in [1.807, 2.05) is 18.2 Å². The molecule has 0 heterocycles. The SMILES string of the molecule is C=C(C)C(=O)OCCCc1cc(C)c(CCCOC(=O)C(=C)C)cc1C.C=CC(=O)OCCOCc1cc(C)ccc1C.C=CCCCCc1cc(C)c(CCCCC=C)cc1C.C=CCCCCc1cc(C)ccc1C. The standard InChI is InChI=1S/C22H30O4.C20H30.C14H18O3.C14H20/c1-15(2)21(23)25-11-7-9-19-13-18(6)20(14-17(19)5)10-8-12-26-22(24)16(3)4;1-5-7-9-11-13-19-15-18(4)20(16-17(19)3)14-12-10-8-6-2;1-4-14(15)17-8-7-16-10-13-9-11(2)5-6-12(13)3;1-4-5-6-7-8-14-11-12(2)9-10-13(14)3/h13-14H,1,3,7-12H2,2,4-6H3;5-6,15-16H,1-2,7-14H2,3-4H3;4-6,9H,1,7-8,10H2,2-3H3;4,9-11H,1,5-8H2,2-3H3. The highest BCUT2D eigenvalue weighted by Crippen LogP contribution is 2.22. The van der Waals surface area contributed by atoms with E-state index in [-0.39, 0.29) is 18.5 Å². The third-order valence-corrected chi connectivity index (χ3v) is 13.2. The normalized spacial score (nSPS) is 10.3. The molecule has 0 radical (unpaired) electrons. The van der Waals surface area contributed by atoms with Crippen molar-refractivity contribution in [2.24, 2.45) is 0 Å². The van der Waals surface area contributed by atoms with Crippen molar-refractivity contribution >= 4 is 17.9 Å². The van der Waals surface area contributed by atoms with Gasteiger partial charge in [-0.05, 0) is 239 Å². The summed E-state index contributed by atoms with van der Waals surface area (Å²) in [6.45, 7) is 44.2. The Morgan fingerprint density at radius 2 is 0.740 bits per heavy atom. The quantitative estimate of drug-likeness (QED) is 0.0163. The molecule has 0 atom stereocenters. The van der Waals surface area contributed by atoms with Crippen LogP contribution in [0.1, 0.15) is 162 Å². The van der Waals surface area contributed by atoms with Crippen molar-refractivity contribution in [1.82, 2.24) is 0 Å². The number of carbonyl (C=O) groups is 3. The molecule has 4 aromatic rings. The van der Waals surface area contributed by atoms with Crippen LogP contribution < -0.4 is 0 Å². The van der Waals surface area contributed by atoms with Crippen molar-refractivity contribution in [3.63, 3.8) is 0 Å². The van der Waals surface area contributed by atoms with Crippen molar-refractivity contribution in [1.29, 1.82) is 0 Å². The second kappa shape index (κ2) is 40.9. The van der Waals surface area contributed by atoms with Crippen LogP contribution in [0.15, 0.2) is 136 Å². The van der Waals surface area contributed by atoms with Gasteiger partial charge in [-0.15, -0.1) is 19.7 Å². The number of hydrogen-bond donors (Lipinski definition) is 0. The van der Waals surface area contributed by atoms with Crippen molar-refractivity contribution in [3.8, 4) is 0 Å². The smallest absolute Gasteiger partial charge is 0.333 e. The molecule has 0 aliphatic carbocycles. The van der Waals surface area contributed by atoms with Crippen LogP contribution in [0.5, 0.6) is 0 Å². The number of esters is 3. The fraction of sp³-hybridized carbons (Fsp3) is 0.443. The lowest BCUT2D eigenvalue weighted by atomic mass is 9.94. The molecule has 0 aliphatic heterocycles. The van der Waals surface area contributed by atoms with E-state index in [2.05, 4.69) is 156 Å². The number of unbranched alkanes of at least 4 members (excludes halogenated alkanes) is 6. The van der Waals surface area contributed by atoms with Crippen molar-refractivity contribution in [2.45, 2.75) is 179 Å². The summed E-state index contributed by atoms with van der Waals surface area (Å²) in [7, 11) is 0. The zero-order valence-electron chi connectivity index (χ0n) is 49.5. The van der Waals surface area contributed by atoms with Crippen LogP contribution in [0.4, 0.5) is 0 Å². The van der Waals surface area contributed by atoms with E-state index in [1.54, 1.807) is 13.8 Å². The molecular formula is C70H98O7. The van der Waals surface area contributed by atoms with Gasteiger partial charge < -0.3 is 18.9 Å². The lowest BCUT2D eigenvalue weighted by Gasteiger charge is -2.13. The first-order valence-electron chi connectivity index (χ1n) is 27.9. The van der Waals surface area contributed by atoms with Crippen molar-refractivity contribution in [3.05, 3.63) is 213 Å². The van der Waals surface area contributed by atoms with Gasteiger partial charge in [-0.1, -0.05) is 110 Å². The molecule has 0 aromatic heterocycles. The van der Waals surface area contributed by atoms with Crippen molar-refractivity contribution < 1.29 is 33.3 Å². The maximum absolute atomic E-state index is 11.4. The maximum Gasteiger partial charge on any atom is 0.333 e. The second-order valence-electron chi connectivity index (χ2n) is 20.3. The van der Waals surface area contributed by atoms with Gasteiger partial charge in [0.1, 0.15) is 6.61 Å². The van der Waals surface area contributed by atoms with Crippen LogP contribution in [0.2, 0.25) is 0 Å². The Hall–Kier alpha value is -6.31. The van der Waals surface area contributed by atoms with E-state index >= 15 is 0 Å². The highest BCUT2D eigenvalue weighted by molar-refractivity contribution is 5.87. The summed E-state index contributed by atoms with van der Waals surface area (Å²) in [5.74, 6) is -1.08. The van der Waals surface area contributed by atoms with Crippen LogP contribution in [-0.4, -0.2) is 44.3 Å². The van der Waals surface area contributed by atoms with Gasteiger partial charge in [-0.3, -0.25) is 0 Å². The zero-order valence-corrected chi connectivity index (χ0v) is 49.5. The molecule has 420 valence electrons. The number of benzene rings is 4. The number of carbonyl (C=O) groups excluding carboxylic acids is 3. The van der Waals surface area contributed by atoms with Gasteiger partial charge in [0.25, 0.3) is 0 Å². The van der Waals surface area contributed by atoms with Crippen LogP contribution in [0.3, 0.4) is 0 Å². The largest absolute Gasteiger partial charge is 0.462 e. The molecule has 0 unspecified atom stereocenters. The summed E-state index contributed by atoms with van der Waals surface area (Å²) in [5, 5.41) is 0. The summed E-state index contributed by atoms with van der Waals surface area (Å²) in [5.41, 5.74) is 19.7. The summed E-state index contributed by atoms with van der Waals surface area (Å²) in [6, 6.07) is 22.2. The molecule has 7 nitrogen and oxygen atoms in total. The molecular weight excluding hydrogens is 953 g/mol. The molecule has 0 bridgehead atoms. The predicted octanol–water partition coefficient (Wildman–Crippen LogP) is 17.3. The number of hydrogen-bond acceptors (Lipinski definition) is 7. The van der Waals surface area contributed by atoms with Crippen LogP contribution in [-0.2, 0) is 72.0 Å². The lowest BCUT2D eigenvalue weighted by Crippen LogP contribution is -2.08. The molecule has 0 fully saturated rings. The third kappa shape index (κ3) is 30.9. The fourth-order valence-corrected chi connectivity index (χ4v) is 8.33. The molecule has 0 aliphatic rings. The maximum atomic E-state index is 11.4. The first-order chi connectivity index (χ1) is 36.8. The Balaban J connectivity index is 0.000000526. The van der Waals surface area contributed by atoms with Gasteiger partial charge in [0.15, 0.2) is 0 Å². The topological polar surface area (TPSA) is 88.1 Å². The van der Waals surface area contributed by atoms with Gasteiger partial charge in [0.2, 0.25) is 0 Å². The van der Waals surface area contributed by atoms with Gasteiger partial charge in [0, 0.05) is 17.2 Å². The monoisotopic (exact) mass is 1050 g/mol. The summed E-state index contributed by atoms with van der Waals surface area (Å²) >= 11 is 0. The highest BCUT2D eigenvalue weighted by atomic mass is 16.6. The first kappa shape index (κ1) is 68.7. The van der Waals surface area contributed by atoms with E-state index in [0.717, 1.165) is 51.0 Å². The summed E-state index contributed by atoms with van der Waals surface area (Å²) < 4.78 is 20.5. The third-order valence-electron chi connectivity index (χ3n) is 13.2. The van der Waals surface area contributed by atoms with Gasteiger partial charge in [0.05, 0.1) is 26.4 Å². The Bertz CT molecular complexity index is 2380. The van der Waals surface area contributed by atoms with Crippen LogP contribution in [0.25, 0.3) is 0 Å². The van der Waals surface area contributed by atoms with Gasteiger partial charge >= 0.3 is 17.9 Å². The molecule has 0 spiro atoms. The lowest BCUT2D eigenvalue weighted by molar-refractivity contribution is -0.140. The van der Waals surface area contributed by atoms with E-state index in [9.17, 15) is 14.4 Å². The fourth-order valence-electron chi connectivity index (χ4n) is 8.33. The minimum atomic E-state index is -0.416. The molecule has 0 amide bonds. The number of rotatable bonds is 31. The minimum absolute atomic E-state index is 0.260. The van der Waals surface area contributed by atoms with Gasteiger partial charge in [-0.2, -0.15) is 0 Å². The number of ether oxygens (including phenoxy) is 4. The summed E-state index contributed by atoms with van der Waals surface area (Å²) in [4.78, 5) is 33.5. The summed E-state index contributed by atoms with van der Waals surface area (Å²) in [6.07, 6.45) is 25.1. The predicted molar refractivity (Wildman–Crippen MR) is 326 cm³/mol. The van der Waals surface area contributed by atoms with E-state index < -0.39 is 5.97 Å². The molecule has 0 saturated heterocycles. The Kier molecular flexibility index (Phi) is 36.5. The van der Waals surface area contributed by atoms with Gasteiger partial charge in [-0.25, -0.2) is 14.4 Å².